The van der Waals surface area contributed by atoms with E-state index in [4.69, 9.17) is 14.2 Å². The Morgan fingerprint density at radius 2 is 2.08 bits per heavy atom. The van der Waals surface area contributed by atoms with Crippen molar-refractivity contribution in [3.63, 3.8) is 0 Å². The smallest absolute Gasteiger partial charge is 0.191 e. The van der Waals surface area contributed by atoms with Gasteiger partial charge in [-0.25, -0.2) is 0 Å². The van der Waals surface area contributed by atoms with Gasteiger partial charge in [-0.05, 0) is 25.3 Å². The van der Waals surface area contributed by atoms with Gasteiger partial charge in [0.2, 0.25) is 0 Å². The lowest BCUT2D eigenvalue weighted by atomic mass is 10.1. The first-order valence-electron chi connectivity index (χ1n) is 9.68. The maximum absolute atomic E-state index is 5.70. The summed E-state index contributed by atoms with van der Waals surface area (Å²) in [6.45, 7) is 8.96. The van der Waals surface area contributed by atoms with Crippen LogP contribution in [0.4, 0.5) is 0 Å². The van der Waals surface area contributed by atoms with E-state index in [0.29, 0.717) is 19.1 Å². The third-order valence-electron chi connectivity index (χ3n) is 4.09. The van der Waals surface area contributed by atoms with Crippen LogP contribution in [0.2, 0.25) is 0 Å². The van der Waals surface area contributed by atoms with E-state index in [1.165, 1.54) is 5.56 Å². The van der Waals surface area contributed by atoms with Gasteiger partial charge in [0.05, 0.1) is 26.4 Å². The fourth-order valence-electron chi connectivity index (χ4n) is 2.67. The first-order chi connectivity index (χ1) is 12.9. The van der Waals surface area contributed by atoms with Gasteiger partial charge in [-0.15, -0.1) is 0 Å². The molecule has 0 radical (unpaired) electrons. The molecular weight excluding hydrogens is 330 g/mol. The van der Waals surface area contributed by atoms with Crippen molar-refractivity contribution in [3.8, 4) is 0 Å². The minimum atomic E-state index is 0.577. The highest BCUT2D eigenvalue weighted by Gasteiger charge is 2.15. The Bertz CT molecular complexity index is 490. The molecule has 0 saturated carbocycles. The summed E-state index contributed by atoms with van der Waals surface area (Å²) < 4.78 is 16.7. The maximum Gasteiger partial charge on any atom is 0.191 e. The van der Waals surface area contributed by atoms with E-state index < -0.39 is 0 Å². The zero-order chi connectivity index (χ0) is 18.3. The number of hydrogen-bond donors (Lipinski definition) is 2. The van der Waals surface area contributed by atoms with Crippen LogP contribution < -0.4 is 10.6 Å². The number of nitrogens with one attached hydrogen (secondary N) is 2. The molecule has 1 fully saturated rings. The average Bonchev–Trinajstić information content (AvgIpc) is 3.18. The molecule has 1 aliphatic heterocycles. The van der Waals surface area contributed by atoms with Gasteiger partial charge < -0.3 is 24.8 Å². The van der Waals surface area contributed by atoms with Crippen molar-refractivity contribution in [1.82, 2.24) is 10.6 Å². The van der Waals surface area contributed by atoms with E-state index in [2.05, 4.69) is 34.7 Å². The Morgan fingerprint density at radius 1 is 1.19 bits per heavy atom. The van der Waals surface area contributed by atoms with Crippen LogP contribution in [0.3, 0.4) is 0 Å². The zero-order valence-electron chi connectivity index (χ0n) is 15.9. The van der Waals surface area contributed by atoms with E-state index in [0.717, 1.165) is 64.9 Å². The molecule has 6 heteroatoms. The van der Waals surface area contributed by atoms with E-state index in [1.54, 1.807) is 0 Å². The van der Waals surface area contributed by atoms with Gasteiger partial charge in [-0.3, -0.25) is 4.99 Å². The Morgan fingerprint density at radius 3 is 2.85 bits per heavy atom. The Balaban J connectivity index is 1.51. The number of guanidine groups is 1. The lowest BCUT2D eigenvalue weighted by Gasteiger charge is -2.12. The molecule has 0 aromatic heterocycles. The summed E-state index contributed by atoms with van der Waals surface area (Å²) in [5, 5.41) is 6.55. The molecule has 1 heterocycles. The SMILES string of the molecule is CCNC(=NCCCOCC1CCOC1)NCCOCc1ccccc1. The minimum absolute atomic E-state index is 0.577. The van der Waals surface area contributed by atoms with Crippen molar-refractivity contribution in [2.75, 3.05) is 52.7 Å². The molecule has 1 atom stereocenters. The normalized spacial score (nSPS) is 17.4. The zero-order valence-corrected chi connectivity index (χ0v) is 15.9. The monoisotopic (exact) mass is 363 g/mol. The highest BCUT2D eigenvalue weighted by molar-refractivity contribution is 5.79. The standard InChI is InChI=1S/C20H33N3O3/c1-2-21-20(22-10-6-12-24-16-19-9-13-25-17-19)23-11-14-26-15-18-7-4-3-5-8-18/h3-5,7-8,19H,2,6,9-17H2,1H3,(H2,21,22,23). The van der Waals surface area contributed by atoms with E-state index in [1.807, 2.05) is 18.2 Å². The molecule has 1 aromatic rings. The van der Waals surface area contributed by atoms with Crippen molar-refractivity contribution < 1.29 is 14.2 Å². The van der Waals surface area contributed by atoms with Crippen LogP contribution in [0, 0.1) is 5.92 Å². The fraction of sp³-hybridized carbons (Fsp3) is 0.650. The lowest BCUT2D eigenvalue weighted by molar-refractivity contribution is 0.0893. The van der Waals surface area contributed by atoms with Crippen LogP contribution in [-0.4, -0.2) is 58.6 Å². The second-order valence-corrected chi connectivity index (χ2v) is 6.38. The molecule has 0 aliphatic carbocycles. The predicted molar refractivity (Wildman–Crippen MR) is 104 cm³/mol. The molecule has 2 rings (SSSR count). The lowest BCUT2D eigenvalue weighted by Crippen LogP contribution is -2.39. The van der Waals surface area contributed by atoms with Crippen LogP contribution >= 0.6 is 0 Å². The summed E-state index contributed by atoms with van der Waals surface area (Å²) in [4.78, 5) is 4.57. The molecule has 146 valence electrons. The molecule has 1 aromatic carbocycles. The molecule has 0 bridgehead atoms. The topological polar surface area (TPSA) is 64.1 Å². The summed E-state index contributed by atoms with van der Waals surface area (Å²) in [5.74, 6) is 1.41. The van der Waals surface area contributed by atoms with Crippen molar-refractivity contribution in [3.05, 3.63) is 35.9 Å². The summed E-state index contributed by atoms with van der Waals surface area (Å²) >= 11 is 0. The quantitative estimate of drug-likeness (QED) is 0.339. The van der Waals surface area contributed by atoms with Crippen LogP contribution in [0.15, 0.2) is 35.3 Å². The van der Waals surface area contributed by atoms with Gasteiger partial charge in [0.15, 0.2) is 5.96 Å². The predicted octanol–water partition coefficient (Wildman–Crippen LogP) is 2.20. The second kappa shape index (κ2) is 13.6. The van der Waals surface area contributed by atoms with Crippen molar-refractivity contribution in [2.24, 2.45) is 10.9 Å². The number of aliphatic imine (C=N–C) groups is 1. The molecule has 0 spiro atoms. The first-order valence-corrected chi connectivity index (χ1v) is 9.68. The van der Waals surface area contributed by atoms with Gasteiger partial charge in [0, 0.05) is 38.8 Å². The number of hydrogen-bond acceptors (Lipinski definition) is 4. The number of rotatable bonds is 12. The molecular formula is C20H33N3O3. The van der Waals surface area contributed by atoms with Crippen molar-refractivity contribution in [1.29, 1.82) is 0 Å². The van der Waals surface area contributed by atoms with Gasteiger partial charge in [-0.2, -0.15) is 0 Å². The van der Waals surface area contributed by atoms with Gasteiger partial charge in [0.25, 0.3) is 0 Å². The summed E-state index contributed by atoms with van der Waals surface area (Å²) in [6, 6.07) is 10.2. The Hall–Kier alpha value is -1.63. The Kier molecular flexibility index (Phi) is 10.8. The molecule has 0 amide bonds. The molecule has 1 saturated heterocycles. The number of ether oxygens (including phenoxy) is 3. The molecule has 26 heavy (non-hydrogen) atoms. The number of nitrogens with zero attached hydrogens (tertiary/aromatic N) is 1. The molecule has 1 unspecified atom stereocenters. The highest BCUT2D eigenvalue weighted by Crippen LogP contribution is 2.12. The third kappa shape index (κ3) is 9.17. The maximum atomic E-state index is 5.70. The third-order valence-corrected chi connectivity index (χ3v) is 4.09. The van der Waals surface area contributed by atoms with Gasteiger partial charge in [0.1, 0.15) is 0 Å². The van der Waals surface area contributed by atoms with Crippen molar-refractivity contribution in [2.45, 2.75) is 26.4 Å². The van der Waals surface area contributed by atoms with E-state index in [9.17, 15) is 0 Å². The van der Waals surface area contributed by atoms with E-state index >= 15 is 0 Å². The second-order valence-electron chi connectivity index (χ2n) is 6.38. The van der Waals surface area contributed by atoms with Crippen LogP contribution in [0.5, 0.6) is 0 Å². The summed E-state index contributed by atoms with van der Waals surface area (Å²) in [6.07, 6.45) is 2.05. The Labute approximate surface area is 157 Å². The molecule has 6 nitrogen and oxygen atoms in total. The number of benzene rings is 1. The molecule has 1 aliphatic rings. The first kappa shape index (κ1) is 20.7. The van der Waals surface area contributed by atoms with Crippen LogP contribution in [0.25, 0.3) is 0 Å². The van der Waals surface area contributed by atoms with Crippen LogP contribution in [-0.2, 0) is 20.8 Å². The van der Waals surface area contributed by atoms with Gasteiger partial charge >= 0.3 is 0 Å². The van der Waals surface area contributed by atoms with Gasteiger partial charge in [-0.1, -0.05) is 30.3 Å². The average molecular weight is 364 g/mol. The highest BCUT2D eigenvalue weighted by atomic mass is 16.5. The largest absolute Gasteiger partial charge is 0.381 e. The molecule has 2 N–H and O–H groups in total. The van der Waals surface area contributed by atoms with Crippen LogP contribution in [0.1, 0.15) is 25.3 Å². The van der Waals surface area contributed by atoms with Crippen molar-refractivity contribution >= 4 is 5.96 Å². The van der Waals surface area contributed by atoms with E-state index in [-0.39, 0.29) is 0 Å². The summed E-state index contributed by atoms with van der Waals surface area (Å²) in [5.41, 5.74) is 1.19. The fourth-order valence-corrected chi connectivity index (χ4v) is 2.67. The minimum Gasteiger partial charge on any atom is -0.381 e. The summed E-state index contributed by atoms with van der Waals surface area (Å²) in [7, 11) is 0.